The molecule has 0 spiro atoms. The molecule has 0 radical (unpaired) electrons. The molecule has 2 N–H and O–H groups in total. The molecule has 5 heteroatoms. The van der Waals surface area contributed by atoms with Gasteiger partial charge in [-0.05, 0) is 30.9 Å². The van der Waals surface area contributed by atoms with Crippen molar-refractivity contribution >= 4 is 11.6 Å². The number of nitrogens with one attached hydrogen (secondary N) is 2. The van der Waals surface area contributed by atoms with Crippen LogP contribution in [0.4, 0.5) is 14.5 Å². The van der Waals surface area contributed by atoms with Crippen LogP contribution in [0.25, 0.3) is 0 Å². The largest absolute Gasteiger partial charge is 0.381 e. The van der Waals surface area contributed by atoms with Gasteiger partial charge in [0.05, 0.1) is 0 Å². The fraction of sp³-hybridized carbons (Fsp3) is 0.500. The Bertz CT molecular complexity index is 491. The number of anilines is 1. The predicted molar refractivity (Wildman–Crippen MR) is 70.2 cm³/mol. The molecule has 1 fully saturated rings. The van der Waals surface area contributed by atoms with E-state index in [0.29, 0.717) is 6.54 Å². The molecule has 0 bridgehead atoms. The number of hydrogen-bond acceptors (Lipinski definition) is 2. The second-order valence-electron chi connectivity index (χ2n) is 5.56. The van der Waals surface area contributed by atoms with Crippen LogP contribution >= 0.6 is 0 Å². The number of amides is 1. The van der Waals surface area contributed by atoms with Crippen molar-refractivity contribution in [3.05, 3.63) is 29.3 Å². The Kier molecular flexibility index (Phi) is 3.47. The summed E-state index contributed by atoms with van der Waals surface area (Å²) in [5.74, 6) is -1.93. The molecule has 2 rings (SSSR count). The molecule has 1 atom stereocenters. The molecule has 1 aromatic rings. The topological polar surface area (TPSA) is 41.1 Å². The zero-order chi connectivity index (χ0) is 14.2. The fourth-order valence-corrected chi connectivity index (χ4v) is 2.01. The van der Waals surface area contributed by atoms with Gasteiger partial charge < -0.3 is 10.6 Å². The number of rotatable bonds is 4. The summed E-state index contributed by atoms with van der Waals surface area (Å²) in [6.45, 7) is 6.23. The van der Waals surface area contributed by atoms with Gasteiger partial charge in [-0.15, -0.1) is 0 Å². The maximum Gasteiger partial charge on any atom is 0.251 e. The minimum Gasteiger partial charge on any atom is -0.381 e. The van der Waals surface area contributed by atoms with Crippen molar-refractivity contribution in [1.82, 2.24) is 5.32 Å². The third-order valence-electron chi connectivity index (χ3n) is 3.48. The van der Waals surface area contributed by atoms with Gasteiger partial charge >= 0.3 is 0 Å². The second-order valence-corrected chi connectivity index (χ2v) is 5.56. The van der Waals surface area contributed by atoms with Crippen LogP contribution in [-0.4, -0.2) is 18.5 Å². The molecule has 19 heavy (non-hydrogen) atoms. The average molecular weight is 268 g/mol. The van der Waals surface area contributed by atoms with E-state index in [-0.39, 0.29) is 22.7 Å². The Morgan fingerprint density at radius 2 is 1.89 bits per heavy atom. The highest BCUT2D eigenvalue weighted by molar-refractivity contribution is 5.95. The molecule has 1 amide bonds. The van der Waals surface area contributed by atoms with Gasteiger partial charge in [-0.1, -0.05) is 13.8 Å². The first-order chi connectivity index (χ1) is 8.85. The first kappa shape index (κ1) is 13.8. The lowest BCUT2D eigenvalue weighted by Crippen LogP contribution is -2.28. The van der Waals surface area contributed by atoms with E-state index in [1.165, 1.54) is 0 Å². The molecule has 3 nitrogen and oxygen atoms in total. The fourth-order valence-electron chi connectivity index (χ4n) is 2.01. The van der Waals surface area contributed by atoms with Crippen molar-refractivity contribution in [1.29, 1.82) is 0 Å². The van der Waals surface area contributed by atoms with Crippen LogP contribution in [0.3, 0.4) is 0 Å². The zero-order valence-electron chi connectivity index (χ0n) is 11.3. The minimum absolute atomic E-state index is 0.0133. The summed E-state index contributed by atoms with van der Waals surface area (Å²) >= 11 is 0. The molecule has 0 saturated heterocycles. The molecule has 1 unspecified atom stereocenters. The SMILES string of the molecule is CCNc1c(F)cc(C(=O)NC2CC2(C)C)cc1F. The normalized spacial score (nSPS) is 19.9. The van der Waals surface area contributed by atoms with Gasteiger partial charge in [-0.25, -0.2) is 8.78 Å². The molecular weight excluding hydrogens is 250 g/mol. The van der Waals surface area contributed by atoms with Crippen molar-refractivity contribution in [3.8, 4) is 0 Å². The highest BCUT2D eigenvalue weighted by atomic mass is 19.1. The first-order valence-corrected chi connectivity index (χ1v) is 6.39. The van der Waals surface area contributed by atoms with E-state index in [1.54, 1.807) is 6.92 Å². The summed E-state index contributed by atoms with van der Waals surface area (Å²) in [7, 11) is 0. The highest BCUT2D eigenvalue weighted by Gasteiger charge is 2.46. The van der Waals surface area contributed by atoms with Gasteiger partial charge in [0.15, 0.2) is 0 Å². The van der Waals surface area contributed by atoms with Crippen molar-refractivity contribution in [2.24, 2.45) is 5.41 Å². The summed E-state index contributed by atoms with van der Waals surface area (Å²) in [5, 5.41) is 5.37. The van der Waals surface area contributed by atoms with E-state index < -0.39 is 17.5 Å². The number of hydrogen-bond donors (Lipinski definition) is 2. The van der Waals surface area contributed by atoms with E-state index >= 15 is 0 Å². The molecular formula is C14H18F2N2O. The van der Waals surface area contributed by atoms with Crippen LogP contribution in [0, 0.1) is 17.0 Å². The van der Waals surface area contributed by atoms with Gasteiger partial charge in [0.2, 0.25) is 0 Å². The third kappa shape index (κ3) is 2.85. The maximum atomic E-state index is 13.7. The monoisotopic (exact) mass is 268 g/mol. The molecule has 0 aliphatic heterocycles. The van der Waals surface area contributed by atoms with Crippen LogP contribution in [0.15, 0.2) is 12.1 Å². The Morgan fingerprint density at radius 3 is 2.32 bits per heavy atom. The molecule has 1 aliphatic carbocycles. The van der Waals surface area contributed by atoms with Gasteiger partial charge in [-0.3, -0.25) is 4.79 Å². The van der Waals surface area contributed by atoms with E-state index in [4.69, 9.17) is 0 Å². The molecule has 0 heterocycles. The van der Waals surface area contributed by atoms with E-state index in [1.807, 2.05) is 13.8 Å². The van der Waals surface area contributed by atoms with Crippen LogP contribution < -0.4 is 10.6 Å². The summed E-state index contributed by atoms with van der Waals surface area (Å²) < 4.78 is 27.4. The highest BCUT2D eigenvalue weighted by Crippen LogP contribution is 2.44. The number of halogens is 2. The van der Waals surface area contributed by atoms with Gasteiger partial charge in [0.25, 0.3) is 5.91 Å². The lowest BCUT2D eigenvalue weighted by Gasteiger charge is -2.10. The molecule has 1 saturated carbocycles. The van der Waals surface area contributed by atoms with Crippen molar-refractivity contribution < 1.29 is 13.6 Å². The van der Waals surface area contributed by atoms with Crippen LogP contribution in [0.5, 0.6) is 0 Å². The number of carbonyl (C=O) groups excluding carboxylic acids is 1. The van der Waals surface area contributed by atoms with Crippen LogP contribution in [0.2, 0.25) is 0 Å². The molecule has 1 aromatic carbocycles. The summed E-state index contributed by atoms with van der Waals surface area (Å²) in [6, 6.07) is 2.21. The molecule has 1 aliphatic rings. The van der Waals surface area contributed by atoms with E-state index in [0.717, 1.165) is 18.6 Å². The van der Waals surface area contributed by atoms with Crippen molar-refractivity contribution in [2.45, 2.75) is 33.2 Å². The first-order valence-electron chi connectivity index (χ1n) is 6.39. The quantitative estimate of drug-likeness (QED) is 0.881. The van der Waals surface area contributed by atoms with E-state index in [2.05, 4.69) is 10.6 Å². The van der Waals surface area contributed by atoms with Gasteiger partial charge in [-0.2, -0.15) is 0 Å². The van der Waals surface area contributed by atoms with Crippen LogP contribution in [-0.2, 0) is 0 Å². The Labute approximate surface area is 111 Å². The Hall–Kier alpha value is -1.65. The lowest BCUT2D eigenvalue weighted by atomic mass is 10.1. The van der Waals surface area contributed by atoms with Gasteiger partial charge in [0.1, 0.15) is 17.3 Å². The standard InChI is InChI=1S/C14H18F2N2O/c1-4-17-12-9(15)5-8(6-10(12)16)13(19)18-11-7-14(11,2)3/h5-6,11,17H,4,7H2,1-3H3,(H,18,19). The Morgan fingerprint density at radius 1 is 1.37 bits per heavy atom. The smallest absolute Gasteiger partial charge is 0.251 e. The summed E-state index contributed by atoms with van der Waals surface area (Å²) in [5.41, 5.74) is -0.0960. The lowest BCUT2D eigenvalue weighted by molar-refractivity contribution is 0.0945. The van der Waals surface area contributed by atoms with Crippen molar-refractivity contribution in [3.63, 3.8) is 0 Å². The predicted octanol–water partition coefficient (Wildman–Crippen LogP) is 2.92. The average Bonchev–Trinajstić information content (AvgIpc) is 2.90. The van der Waals surface area contributed by atoms with E-state index in [9.17, 15) is 13.6 Å². The third-order valence-corrected chi connectivity index (χ3v) is 3.48. The molecule has 0 aromatic heterocycles. The zero-order valence-corrected chi connectivity index (χ0v) is 11.3. The second kappa shape index (κ2) is 4.79. The maximum absolute atomic E-state index is 13.7. The summed E-state index contributed by atoms with van der Waals surface area (Å²) in [6.07, 6.45) is 0.888. The van der Waals surface area contributed by atoms with Crippen molar-refractivity contribution in [2.75, 3.05) is 11.9 Å². The minimum atomic E-state index is -0.748. The molecule has 104 valence electrons. The van der Waals surface area contributed by atoms with Gasteiger partial charge in [0, 0.05) is 18.2 Å². The van der Waals surface area contributed by atoms with Crippen LogP contribution in [0.1, 0.15) is 37.6 Å². The summed E-state index contributed by atoms with van der Waals surface area (Å²) in [4.78, 5) is 11.9. The number of carbonyl (C=O) groups is 1. The Balaban J connectivity index is 2.15. The number of benzene rings is 1.